The molecule has 1 N–H and O–H groups in total. The first kappa shape index (κ1) is 13.3. The molecule has 0 unspecified atom stereocenters. The molecule has 1 aromatic carbocycles. The fourth-order valence-electron chi connectivity index (χ4n) is 2.38. The van der Waals surface area contributed by atoms with Crippen LogP contribution in [0.4, 0.5) is 5.69 Å². The highest BCUT2D eigenvalue weighted by molar-refractivity contribution is 6.99. The molecular formula is C12H23NOSi2. The van der Waals surface area contributed by atoms with Crippen LogP contribution in [0, 0.1) is 0 Å². The standard InChI is InChI=1S/C12H23NOSi2/c1-15(2,3)13(16(4,5)6)11-7-9-12(14)10-8-11/h7-10,14H,1-6H3. The summed E-state index contributed by atoms with van der Waals surface area (Å²) in [5, 5.41) is 9.35. The lowest BCUT2D eigenvalue weighted by molar-refractivity contribution is 0.475. The molecule has 0 atom stereocenters. The van der Waals surface area contributed by atoms with Gasteiger partial charge in [-0.3, -0.25) is 0 Å². The van der Waals surface area contributed by atoms with E-state index in [1.807, 2.05) is 12.1 Å². The number of nitrogens with zero attached hydrogens (tertiary/aromatic N) is 1. The van der Waals surface area contributed by atoms with Gasteiger partial charge >= 0.3 is 0 Å². The first-order chi connectivity index (χ1) is 7.12. The fourth-order valence-corrected chi connectivity index (χ4v) is 12.3. The van der Waals surface area contributed by atoms with Crippen molar-refractivity contribution in [1.29, 1.82) is 0 Å². The summed E-state index contributed by atoms with van der Waals surface area (Å²) in [6, 6.07) is 7.63. The van der Waals surface area contributed by atoms with Gasteiger partial charge < -0.3 is 9.34 Å². The average Bonchev–Trinajstić information content (AvgIpc) is 2.03. The van der Waals surface area contributed by atoms with Gasteiger partial charge in [0.25, 0.3) is 0 Å². The van der Waals surface area contributed by atoms with Crippen LogP contribution < -0.4 is 4.23 Å². The minimum absolute atomic E-state index is 0.342. The van der Waals surface area contributed by atoms with Crippen molar-refractivity contribution < 1.29 is 5.11 Å². The summed E-state index contributed by atoms with van der Waals surface area (Å²) in [7, 11) is -2.73. The van der Waals surface area contributed by atoms with E-state index in [9.17, 15) is 5.11 Å². The van der Waals surface area contributed by atoms with Crippen molar-refractivity contribution in [1.82, 2.24) is 0 Å². The predicted molar refractivity (Wildman–Crippen MR) is 77.3 cm³/mol. The van der Waals surface area contributed by atoms with Gasteiger partial charge in [-0.2, -0.15) is 0 Å². The molecule has 0 aliphatic heterocycles. The van der Waals surface area contributed by atoms with Crippen LogP contribution >= 0.6 is 0 Å². The number of anilines is 1. The maximum Gasteiger partial charge on any atom is 0.138 e. The Bertz CT molecular complexity index is 335. The third-order valence-electron chi connectivity index (χ3n) is 2.45. The number of phenolic OH excluding ortho intramolecular Hbond substituents is 1. The van der Waals surface area contributed by atoms with E-state index in [1.165, 1.54) is 5.69 Å². The molecule has 1 rings (SSSR count). The Hall–Kier alpha value is -0.746. The second-order valence-corrected chi connectivity index (χ2v) is 16.2. The molecule has 0 amide bonds. The molecule has 16 heavy (non-hydrogen) atoms. The fraction of sp³-hybridized carbons (Fsp3) is 0.500. The highest BCUT2D eigenvalue weighted by atomic mass is 28.4. The average molecular weight is 253 g/mol. The van der Waals surface area contributed by atoms with Crippen LogP contribution in [0.2, 0.25) is 39.3 Å². The van der Waals surface area contributed by atoms with Gasteiger partial charge in [0.05, 0.1) is 0 Å². The Kier molecular flexibility index (Phi) is 3.54. The van der Waals surface area contributed by atoms with Crippen LogP contribution in [-0.2, 0) is 0 Å². The van der Waals surface area contributed by atoms with Crippen LogP contribution in [-0.4, -0.2) is 21.6 Å². The molecule has 1 aromatic rings. The van der Waals surface area contributed by atoms with Gasteiger partial charge in [0, 0.05) is 5.69 Å². The molecule has 0 saturated carbocycles. The summed E-state index contributed by atoms with van der Waals surface area (Å²) < 4.78 is 2.64. The van der Waals surface area contributed by atoms with Gasteiger partial charge in [-0.1, -0.05) is 39.3 Å². The summed E-state index contributed by atoms with van der Waals surface area (Å²) in [5.41, 5.74) is 1.26. The van der Waals surface area contributed by atoms with Crippen LogP contribution in [0.5, 0.6) is 5.75 Å². The van der Waals surface area contributed by atoms with Gasteiger partial charge in [-0.15, -0.1) is 0 Å². The number of benzene rings is 1. The van der Waals surface area contributed by atoms with Gasteiger partial charge in [-0.25, -0.2) is 0 Å². The lowest BCUT2D eigenvalue weighted by atomic mass is 10.3. The lowest BCUT2D eigenvalue weighted by Crippen LogP contribution is -2.59. The Balaban J connectivity index is 3.18. The van der Waals surface area contributed by atoms with E-state index in [0.717, 1.165) is 0 Å². The highest BCUT2D eigenvalue weighted by Gasteiger charge is 2.34. The van der Waals surface area contributed by atoms with E-state index >= 15 is 0 Å². The molecule has 90 valence electrons. The quantitative estimate of drug-likeness (QED) is 0.827. The monoisotopic (exact) mass is 253 g/mol. The minimum atomic E-state index is -1.37. The lowest BCUT2D eigenvalue weighted by Gasteiger charge is -2.45. The number of rotatable bonds is 3. The Labute approximate surface area is 101 Å². The van der Waals surface area contributed by atoms with Crippen molar-refractivity contribution in [3.63, 3.8) is 0 Å². The Morgan fingerprint density at radius 1 is 0.812 bits per heavy atom. The largest absolute Gasteiger partial charge is 0.508 e. The Morgan fingerprint density at radius 3 is 1.50 bits per heavy atom. The Morgan fingerprint density at radius 2 is 1.19 bits per heavy atom. The molecule has 4 heteroatoms. The molecule has 2 nitrogen and oxygen atoms in total. The molecule has 0 aliphatic rings. The van der Waals surface area contributed by atoms with Crippen molar-refractivity contribution >= 4 is 22.2 Å². The van der Waals surface area contributed by atoms with Gasteiger partial charge in [-0.05, 0) is 24.3 Å². The molecule has 0 radical (unpaired) electrons. The molecular weight excluding hydrogens is 230 g/mol. The van der Waals surface area contributed by atoms with E-state index in [4.69, 9.17) is 0 Å². The SMILES string of the molecule is C[Si](C)(C)N(c1ccc(O)cc1)[Si](C)(C)C. The first-order valence-electron chi connectivity index (χ1n) is 5.72. The smallest absolute Gasteiger partial charge is 0.138 e. The molecule has 0 aromatic heterocycles. The highest BCUT2D eigenvalue weighted by Crippen LogP contribution is 2.29. The number of aromatic hydroxyl groups is 1. The number of hydrogen-bond donors (Lipinski definition) is 1. The first-order valence-corrected chi connectivity index (χ1v) is 12.6. The van der Waals surface area contributed by atoms with E-state index in [0.29, 0.717) is 5.75 Å². The molecule has 0 saturated heterocycles. The van der Waals surface area contributed by atoms with Crippen molar-refractivity contribution in [2.45, 2.75) is 39.3 Å². The van der Waals surface area contributed by atoms with Gasteiger partial charge in [0.2, 0.25) is 0 Å². The maximum atomic E-state index is 9.35. The van der Waals surface area contributed by atoms with Crippen LogP contribution in [0.25, 0.3) is 0 Å². The second-order valence-electron chi connectivity index (χ2n) is 6.19. The summed E-state index contributed by atoms with van der Waals surface area (Å²) in [6.45, 7) is 14.2. The van der Waals surface area contributed by atoms with Crippen molar-refractivity contribution in [3.05, 3.63) is 24.3 Å². The van der Waals surface area contributed by atoms with Gasteiger partial charge in [0.15, 0.2) is 0 Å². The van der Waals surface area contributed by atoms with E-state index < -0.39 is 16.5 Å². The topological polar surface area (TPSA) is 23.5 Å². The molecule has 0 heterocycles. The van der Waals surface area contributed by atoms with Gasteiger partial charge in [0.1, 0.15) is 22.2 Å². The van der Waals surface area contributed by atoms with Crippen molar-refractivity contribution in [2.24, 2.45) is 0 Å². The summed E-state index contributed by atoms with van der Waals surface area (Å²) in [4.78, 5) is 0. The number of hydrogen-bond acceptors (Lipinski definition) is 2. The third-order valence-corrected chi connectivity index (χ3v) is 9.67. The minimum Gasteiger partial charge on any atom is -0.508 e. The molecule has 0 aliphatic carbocycles. The van der Waals surface area contributed by atoms with Crippen molar-refractivity contribution in [3.8, 4) is 5.75 Å². The van der Waals surface area contributed by atoms with Crippen LogP contribution in [0.3, 0.4) is 0 Å². The number of phenols is 1. The van der Waals surface area contributed by atoms with Crippen molar-refractivity contribution in [2.75, 3.05) is 4.23 Å². The van der Waals surface area contributed by atoms with E-state index in [1.54, 1.807) is 12.1 Å². The molecule has 0 spiro atoms. The normalized spacial score (nSPS) is 12.6. The maximum absolute atomic E-state index is 9.35. The summed E-state index contributed by atoms with van der Waals surface area (Å²) in [6.07, 6.45) is 0. The summed E-state index contributed by atoms with van der Waals surface area (Å²) in [5.74, 6) is 0.342. The molecule has 0 fully saturated rings. The second kappa shape index (κ2) is 4.26. The van der Waals surface area contributed by atoms with E-state index in [-0.39, 0.29) is 0 Å². The zero-order valence-corrected chi connectivity index (χ0v) is 13.2. The van der Waals surface area contributed by atoms with Crippen LogP contribution in [0.1, 0.15) is 0 Å². The van der Waals surface area contributed by atoms with E-state index in [2.05, 4.69) is 43.5 Å². The zero-order chi connectivity index (χ0) is 12.6. The van der Waals surface area contributed by atoms with Crippen LogP contribution in [0.15, 0.2) is 24.3 Å². The summed E-state index contributed by atoms with van der Waals surface area (Å²) >= 11 is 0. The third kappa shape index (κ3) is 3.12. The zero-order valence-electron chi connectivity index (χ0n) is 11.2. The predicted octanol–water partition coefficient (Wildman–Crippen LogP) is 3.87. The molecule has 0 bridgehead atoms.